The van der Waals surface area contributed by atoms with Gasteiger partial charge in [-0.3, -0.25) is 0 Å². The highest BCUT2D eigenvalue weighted by molar-refractivity contribution is 9.09. The summed E-state index contributed by atoms with van der Waals surface area (Å²) in [5, 5.41) is -0.136. The quantitative estimate of drug-likeness (QED) is 0.800. The number of hydrogen-bond donors (Lipinski definition) is 1. The van der Waals surface area contributed by atoms with Crippen LogP contribution >= 0.6 is 15.9 Å². The van der Waals surface area contributed by atoms with Crippen LogP contribution in [0.25, 0.3) is 0 Å². The molecule has 0 heterocycles. The van der Waals surface area contributed by atoms with E-state index in [-0.39, 0.29) is 5.25 Å². The fourth-order valence-corrected chi connectivity index (χ4v) is 5.52. The molecule has 2 aliphatic rings. The van der Waals surface area contributed by atoms with Gasteiger partial charge in [0.25, 0.3) is 0 Å². The minimum atomic E-state index is -3.08. The number of sulfonamides is 1. The maximum absolute atomic E-state index is 12.2. The third kappa shape index (κ3) is 3.94. The Bertz CT molecular complexity index is 352. The molecule has 2 rings (SSSR count). The van der Waals surface area contributed by atoms with Gasteiger partial charge in [-0.1, -0.05) is 48.0 Å². The van der Waals surface area contributed by atoms with E-state index in [0.717, 1.165) is 32.1 Å². The van der Waals surface area contributed by atoms with Crippen LogP contribution in [0.3, 0.4) is 0 Å². The number of halogens is 1. The van der Waals surface area contributed by atoms with Crippen molar-refractivity contribution in [2.24, 2.45) is 5.92 Å². The van der Waals surface area contributed by atoms with Gasteiger partial charge in [-0.25, -0.2) is 13.1 Å². The van der Waals surface area contributed by atoms with Crippen molar-refractivity contribution < 1.29 is 8.42 Å². The molecule has 1 N–H and O–H groups in total. The number of hydrogen-bond acceptors (Lipinski definition) is 2. The molecule has 0 amide bonds. The molecular formula is C13H24BrNO2S. The van der Waals surface area contributed by atoms with Crippen molar-refractivity contribution in [1.29, 1.82) is 0 Å². The van der Waals surface area contributed by atoms with Gasteiger partial charge in [-0.2, -0.15) is 0 Å². The SMILES string of the molecule is O=S(=O)(NCC1CCCCC1Br)C1CCCCC1. The molecule has 0 aromatic heterocycles. The minimum Gasteiger partial charge on any atom is -0.215 e. The predicted octanol–water partition coefficient (Wildman–Crippen LogP) is 3.19. The summed E-state index contributed by atoms with van der Waals surface area (Å²) in [5.41, 5.74) is 0. The molecule has 106 valence electrons. The predicted molar refractivity (Wildman–Crippen MR) is 78.5 cm³/mol. The molecule has 2 saturated carbocycles. The van der Waals surface area contributed by atoms with Crippen LogP contribution in [0, 0.1) is 5.92 Å². The van der Waals surface area contributed by atoms with Gasteiger partial charge < -0.3 is 0 Å². The van der Waals surface area contributed by atoms with Crippen molar-refractivity contribution in [3.63, 3.8) is 0 Å². The molecule has 0 aliphatic heterocycles. The van der Waals surface area contributed by atoms with Gasteiger partial charge in [-0.15, -0.1) is 0 Å². The topological polar surface area (TPSA) is 46.2 Å². The van der Waals surface area contributed by atoms with Crippen molar-refractivity contribution in [1.82, 2.24) is 4.72 Å². The first-order valence-electron chi connectivity index (χ1n) is 7.22. The van der Waals surface area contributed by atoms with E-state index < -0.39 is 10.0 Å². The van der Waals surface area contributed by atoms with Crippen molar-refractivity contribution >= 4 is 26.0 Å². The lowest BCUT2D eigenvalue weighted by Gasteiger charge is -2.29. The Hall–Kier alpha value is 0.390. The molecule has 2 unspecified atom stereocenters. The van der Waals surface area contributed by atoms with Crippen molar-refractivity contribution in [2.75, 3.05) is 6.54 Å². The normalized spacial score (nSPS) is 31.4. The van der Waals surface area contributed by atoms with Crippen LogP contribution in [0.15, 0.2) is 0 Å². The van der Waals surface area contributed by atoms with Crippen molar-refractivity contribution in [2.45, 2.75) is 67.9 Å². The Morgan fingerprint density at radius 1 is 0.944 bits per heavy atom. The third-order valence-electron chi connectivity index (χ3n) is 4.35. The molecule has 0 radical (unpaired) electrons. The van der Waals surface area contributed by atoms with Gasteiger partial charge in [0.15, 0.2) is 0 Å². The van der Waals surface area contributed by atoms with E-state index in [2.05, 4.69) is 20.7 Å². The van der Waals surface area contributed by atoms with E-state index in [1.807, 2.05) is 0 Å². The van der Waals surface area contributed by atoms with Crippen LogP contribution in [0.1, 0.15) is 57.8 Å². The van der Waals surface area contributed by atoms with Gasteiger partial charge in [0, 0.05) is 11.4 Å². The lowest BCUT2D eigenvalue weighted by Crippen LogP contribution is -2.40. The summed E-state index contributed by atoms with van der Waals surface area (Å²) in [7, 11) is -3.08. The van der Waals surface area contributed by atoms with Crippen LogP contribution < -0.4 is 4.72 Å². The second-order valence-electron chi connectivity index (χ2n) is 5.71. The average Bonchev–Trinajstić information content (AvgIpc) is 2.39. The molecule has 0 aromatic rings. The Balaban J connectivity index is 1.84. The average molecular weight is 338 g/mol. The molecule has 2 atom stereocenters. The summed E-state index contributed by atoms with van der Waals surface area (Å²) >= 11 is 3.68. The Kier molecular flexibility index (Phi) is 5.51. The molecule has 0 spiro atoms. The van der Waals surface area contributed by atoms with Gasteiger partial charge >= 0.3 is 0 Å². The molecule has 0 saturated heterocycles. The molecule has 3 nitrogen and oxygen atoms in total. The molecular weight excluding hydrogens is 314 g/mol. The van der Waals surface area contributed by atoms with E-state index in [1.54, 1.807) is 0 Å². The lowest BCUT2D eigenvalue weighted by atomic mass is 9.89. The number of nitrogens with one attached hydrogen (secondary N) is 1. The Labute approximate surface area is 119 Å². The van der Waals surface area contributed by atoms with E-state index in [4.69, 9.17) is 0 Å². The largest absolute Gasteiger partial charge is 0.215 e. The third-order valence-corrected chi connectivity index (χ3v) is 7.48. The van der Waals surface area contributed by atoms with E-state index >= 15 is 0 Å². The highest BCUT2D eigenvalue weighted by atomic mass is 79.9. The summed E-state index contributed by atoms with van der Waals surface area (Å²) in [5.74, 6) is 0.470. The van der Waals surface area contributed by atoms with Gasteiger partial charge in [0.05, 0.1) is 5.25 Å². The van der Waals surface area contributed by atoms with Gasteiger partial charge in [0.2, 0.25) is 10.0 Å². The zero-order valence-corrected chi connectivity index (χ0v) is 13.3. The summed E-state index contributed by atoms with van der Waals surface area (Å²) in [6, 6.07) is 0. The second-order valence-corrected chi connectivity index (χ2v) is 8.94. The monoisotopic (exact) mass is 337 g/mol. The summed E-state index contributed by atoms with van der Waals surface area (Å²) in [4.78, 5) is 0.486. The molecule has 2 fully saturated rings. The Morgan fingerprint density at radius 3 is 2.22 bits per heavy atom. The van der Waals surface area contributed by atoms with Crippen LogP contribution in [0.5, 0.6) is 0 Å². The number of rotatable bonds is 4. The molecule has 18 heavy (non-hydrogen) atoms. The number of alkyl halides is 1. The fourth-order valence-electron chi connectivity index (χ4n) is 3.11. The fraction of sp³-hybridized carbons (Fsp3) is 1.00. The molecule has 2 aliphatic carbocycles. The standard InChI is InChI=1S/C13H24BrNO2S/c14-13-9-5-4-6-11(13)10-15-18(16,17)12-7-2-1-3-8-12/h11-13,15H,1-10H2. The summed E-state index contributed by atoms with van der Waals surface area (Å²) < 4.78 is 27.3. The first-order chi connectivity index (χ1) is 8.59. The van der Waals surface area contributed by atoms with Crippen LogP contribution in [-0.2, 0) is 10.0 Å². The maximum Gasteiger partial charge on any atom is 0.214 e. The van der Waals surface area contributed by atoms with Crippen LogP contribution in [-0.4, -0.2) is 25.0 Å². The summed E-state index contributed by atoms with van der Waals surface area (Å²) in [6.07, 6.45) is 9.83. The highest BCUT2D eigenvalue weighted by Crippen LogP contribution is 2.30. The lowest BCUT2D eigenvalue weighted by molar-refractivity contribution is 0.371. The van der Waals surface area contributed by atoms with E-state index in [0.29, 0.717) is 17.3 Å². The van der Waals surface area contributed by atoms with Gasteiger partial charge in [-0.05, 0) is 31.6 Å². The minimum absolute atomic E-state index is 0.136. The van der Waals surface area contributed by atoms with Crippen LogP contribution in [0.2, 0.25) is 0 Å². The smallest absolute Gasteiger partial charge is 0.214 e. The van der Waals surface area contributed by atoms with E-state index in [1.165, 1.54) is 25.7 Å². The first kappa shape index (κ1) is 14.8. The van der Waals surface area contributed by atoms with E-state index in [9.17, 15) is 8.42 Å². The Morgan fingerprint density at radius 2 is 1.56 bits per heavy atom. The second kappa shape index (κ2) is 6.71. The summed E-state index contributed by atoms with van der Waals surface area (Å²) in [6.45, 7) is 0.620. The zero-order chi connectivity index (χ0) is 13.0. The molecule has 0 bridgehead atoms. The molecule has 5 heteroatoms. The maximum atomic E-state index is 12.2. The van der Waals surface area contributed by atoms with Crippen molar-refractivity contribution in [3.05, 3.63) is 0 Å². The molecule has 0 aromatic carbocycles. The first-order valence-corrected chi connectivity index (χ1v) is 9.68. The van der Waals surface area contributed by atoms with Crippen LogP contribution in [0.4, 0.5) is 0 Å². The highest BCUT2D eigenvalue weighted by Gasteiger charge is 2.29. The zero-order valence-electron chi connectivity index (χ0n) is 10.9. The van der Waals surface area contributed by atoms with Crippen molar-refractivity contribution in [3.8, 4) is 0 Å². The van der Waals surface area contributed by atoms with Gasteiger partial charge in [0.1, 0.15) is 0 Å².